The maximum atomic E-state index is 13.0. The van der Waals surface area contributed by atoms with Crippen LogP contribution in [0.25, 0.3) is 0 Å². The van der Waals surface area contributed by atoms with Crippen LogP contribution in [-0.2, 0) is 28.4 Å². The average Bonchev–Trinajstić information content (AvgIpc) is 3.33. The summed E-state index contributed by atoms with van der Waals surface area (Å²) in [5.74, 6) is -1.91. The fourth-order valence-electron chi connectivity index (χ4n) is 4.08. The van der Waals surface area contributed by atoms with Crippen LogP contribution in [0.2, 0.25) is 0 Å². The van der Waals surface area contributed by atoms with Crippen LogP contribution in [0.3, 0.4) is 0 Å². The van der Waals surface area contributed by atoms with E-state index in [4.69, 9.17) is 28.4 Å². The number of rotatable bonds is 10. The Bertz CT molecular complexity index is 1200. The van der Waals surface area contributed by atoms with Crippen LogP contribution >= 0.6 is 0 Å². The SMILES string of the molecule is CO[C@@H]1O[C@@H]([C@@H](COC(=O)c2ccccc2)OC(=O)c2ccccc2)[C@H](OC(=O)c2ccccc2)[C@H]1OC. The molecule has 3 aromatic carbocycles. The summed E-state index contributed by atoms with van der Waals surface area (Å²) >= 11 is 0. The Labute approximate surface area is 220 Å². The van der Waals surface area contributed by atoms with Crippen LogP contribution in [0, 0.1) is 0 Å². The van der Waals surface area contributed by atoms with E-state index in [1.807, 2.05) is 0 Å². The van der Waals surface area contributed by atoms with Gasteiger partial charge in [-0.3, -0.25) is 0 Å². The second-order valence-electron chi connectivity index (χ2n) is 8.42. The lowest BCUT2D eigenvalue weighted by Crippen LogP contribution is -2.46. The molecule has 9 heteroatoms. The Morgan fingerprint density at radius 3 is 1.68 bits per heavy atom. The van der Waals surface area contributed by atoms with E-state index in [2.05, 4.69) is 0 Å². The van der Waals surface area contributed by atoms with Gasteiger partial charge >= 0.3 is 17.9 Å². The van der Waals surface area contributed by atoms with Gasteiger partial charge in [0.05, 0.1) is 16.7 Å². The first kappa shape index (κ1) is 27.0. The molecule has 0 radical (unpaired) electrons. The second-order valence-corrected chi connectivity index (χ2v) is 8.42. The van der Waals surface area contributed by atoms with Crippen molar-refractivity contribution in [3.63, 3.8) is 0 Å². The molecule has 1 heterocycles. The maximum Gasteiger partial charge on any atom is 0.338 e. The molecule has 9 nitrogen and oxygen atoms in total. The monoisotopic (exact) mass is 520 g/mol. The molecule has 1 aliphatic rings. The summed E-state index contributed by atoms with van der Waals surface area (Å²) < 4.78 is 34.0. The van der Waals surface area contributed by atoms with Gasteiger partial charge in [0.1, 0.15) is 18.8 Å². The summed E-state index contributed by atoms with van der Waals surface area (Å²) in [6.07, 6.45) is -5.08. The van der Waals surface area contributed by atoms with Crippen LogP contribution in [0.1, 0.15) is 31.1 Å². The fraction of sp³-hybridized carbons (Fsp3) is 0.276. The third kappa shape index (κ3) is 6.44. The number of esters is 3. The predicted molar refractivity (Wildman–Crippen MR) is 134 cm³/mol. The van der Waals surface area contributed by atoms with Gasteiger partial charge in [0.2, 0.25) is 0 Å². The van der Waals surface area contributed by atoms with Crippen molar-refractivity contribution in [3.8, 4) is 0 Å². The van der Waals surface area contributed by atoms with E-state index >= 15 is 0 Å². The van der Waals surface area contributed by atoms with E-state index in [1.54, 1.807) is 91.0 Å². The molecule has 1 saturated heterocycles. The number of ether oxygens (including phenoxy) is 6. The quantitative estimate of drug-likeness (QED) is 0.292. The zero-order chi connectivity index (χ0) is 26.9. The highest BCUT2D eigenvalue weighted by molar-refractivity contribution is 5.90. The minimum absolute atomic E-state index is 0.286. The van der Waals surface area contributed by atoms with Crippen molar-refractivity contribution < 1.29 is 42.8 Å². The second kappa shape index (κ2) is 13.0. The van der Waals surface area contributed by atoms with Gasteiger partial charge in [0.15, 0.2) is 18.5 Å². The summed E-state index contributed by atoms with van der Waals surface area (Å²) in [6, 6.07) is 25.1. The first-order valence-corrected chi connectivity index (χ1v) is 12.0. The first-order valence-electron chi connectivity index (χ1n) is 12.0. The number of carbonyl (C=O) groups is 3. The molecule has 0 unspecified atom stereocenters. The molecule has 0 aromatic heterocycles. The van der Waals surface area contributed by atoms with Gasteiger partial charge < -0.3 is 28.4 Å². The van der Waals surface area contributed by atoms with E-state index < -0.39 is 48.6 Å². The molecule has 0 bridgehead atoms. The van der Waals surface area contributed by atoms with Gasteiger partial charge in [-0.05, 0) is 36.4 Å². The smallest absolute Gasteiger partial charge is 0.338 e. The molecule has 0 aliphatic carbocycles. The van der Waals surface area contributed by atoms with E-state index in [9.17, 15) is 14.4 Å². The molecule has 4 rings (SSSR count). The molecular weight excluding hydrogens is 492 g/mol. The number of carbonyl (C=O) groups excluding carboxylic acids is 3. The topological polar surface area (TPSA) is 107 Å². The van der Waals surface area contributed by atoms with E-state index in [0.717, 1.165) is 0 Å². The van der Waals surface area contributed by atoms with Gasteiger partial charge in [-0.2, -0.15) is 0 Å². The lowest BCUT2D eigenvalue weighted by Gasteiger charge is -2.28. The van der Waals surface area contributed by atoms with Crippen LogP contribution in [0.4, 0.5) is 0 Å². The van der Waals surface area contributed by atoms with E-state index in [0.29, 0.717) is 11.1 Å². The lowest BCUT2D eigenvalue weighted by molar-refractivity contribution is -0.171. The molecule has 1 aliphatic heterocycles. The molecule has 1 fully saturated rings. The summed E-state index contributed by atoms with van der Waals surface area (Å²) in [4.78, 5) is 38.6. The molecule has 198 valence electrons. The van der Waals surface area contributed by atoms with Crippen molar-refractivity contribution in [2.75, 3.05) is 20.8 Å². The van der Waals surface area contributed by atoms with Crippen molar-refractivity contribution in [2.45, 2.75) is 30.7 Å². The van der Waals surface area contributed by atoms with Crippen LogP contribution in [0.15, 0.2) is 91.0 Å². The van der Waals surface area contributed by atoms with Gasteiger partial charge in [-0.15, -0.1) is 0 Å². The Kier molecular flexibility index (Phi) is 9.21. The highest BCUT2D eigenvalue weighted by Gasteiger charge is 2.52. The first-order chi connectivity index (χ1) is 18.5. The molecule has 3 aromatic rings. The largest absolute Gasteiger partial charge is 0.458 e. The molecule has 0 amide bonds. The number of methoxy groups -OCH3 is 2. The minimum Gasteiger partial charge on any atom is -0.458 e. The van der Waals surface area contributed by atoms with Crippen molar-refractivity contribution in [2.24, 2.45) is 0 Å². The number of hydrogen-bond acceptors (Lipinski definition) is 9. The Balaban J connectivity index is 1.60. The Morgan fingerprint density at radius 2 is 1.18 bits per heavy atom. The molecule has 5 atom stereocenters. The van der Waals surface area contributed by atoms with E-state index in [-0.39, 0.29) is 12.2 Å². The summed E-state index contributed by atoms with van der Waals surface area (Å²) in [5, 5.41) is 0. The van der Waals surface area contributed by atoms with Crippen LogP contribution < -0.4 is 0 Å². The number of benzene rings is 3. The van der Waals surface area contributed by atoms with Gasteiger partial charge in [0.25, 0.3) is 0 Å². The molecule has 0 N–H and O–H groups in total. The summed E-state index contributed by atoms with van der Waals surface area (Å²) in [7, 11) is 2.84. The molecule has 0 saturated carbocycles. The Hall–Kier alpha value is -4.05. The zero-order valence-corrected chi connectivity index (χ0v) is 20.9. The minimum atomic E-state index is -1.17. The zero-order valence-electron chi connectivity index (χ0n) is 20.9. The summed E-state index contributed by atoms with van der Waals surface area (Å²) in [6.45, 7) is -0.372. The van der Waals surface area contributed by atoms with Crippen molar-refractivity contribution >= 4 is 17.9 Å². The highest BCUT2D eigenvalue weighted by Crippen LogP contribution is 2.31. The van der Waals surface area contributed by atoms with Gasteiger partial charge in [-0.1, -0.05) is 54.6 Å². The molecule has 0 spiro atoms. The predicted octanol–water partition coefficient (Wildman–Crippen LogP) is 3.68. The Morgan fingerprint density at radius 1 is 0.684 bits per heavy atom. The van der Waals surface area contributed by atoms with Crippen LogP contribution in [0.5, 0.6) is 0 Å². The summed E-state index contributed by atoms with van der Waals surface area (Å²) in [5.41, 5.74) is 0.925. The lowest BCUT2D eigenvalue weighted by atomic mass is 10.0. The van der Waals surface area contributed by atoms with Gasteiger partial charge in [0, 0.05) is 14.2 Å². The van der Waals surface area contributed by atoms with Crippen LogP contribution in [-0.4, -0.2) is 69.4 Å². The standard InChI is InChI=1S/C29H28O9/c1-33-25-24(37-28(32)21-16-10-5-11-17-21)23(38-29(25)34-2)22(36-27(31)20-14-8-4-9-15-20)18-35-26(30)19-12-6-3-7-13-19/h3-17,22-25,29H,18H2,1-2H3/t22-,23+,24+,25-,29-/m1/s1. The van der Waals surface area contributed by atoms with Crippen molar-refractivity contribution in [1.82, 2.24) is 0 Å². The van der Waals surface area contributed by atoms with Gasteiger partial charge in [-0.25, -0.2) is 14.4 Å². The highest BCUT2D eigenvalue weighted by atomic mass is 16.7. The fourth-order valence-corrected chi connectivity index (χ4v) is 4.08. The number of hydrogen-bond donors (Lipinski definition) is 0. The van der Waals surface area contributed by atoms with Crippen molar-refractivity contribution in [1.29, 1.82) is 0 Å². The van der Waals surface area contributed by atoms with E-state index in [1.165, 1.54) is 14.2 Å². The van der Waals surface area contributed by atoms with Crippen molar-refractivity contribution in [3.05, 3.63) is 108 Å². The molecular formula is C29H28O9. The third-order valence-corrected chi connectivity index (χ3v) is 5.99. The average molecular weight is 521 g/mol. The normalized spacial score (nSPS) is 21.3. The molecule has 38 heavy (non-hydrogen) atoms. The maximum absolute atomic E-state index is 13.0. The third-order valence-electron chi connectivity index (χ3n) is 5.99.